The molecule has 0 saturated carbocycles. The lowest BCUT2D eigenvalue weighted by Crippen LogP contribution is -2.32. The first-order chi connectivity index (χ1) is 10.6. The van der Waals surface area contributed by atoms with Crippen molar-refractivity contribution in [3.05, 3.63) is 59.7 Å². The Labute approximate surface area is 133 Å². The van der Waals surface area contributed by atoms with Gasteiger partial charge in [0, 0.05) is 19.1 Å². The molecule has 0 fully saturated rings. The summed E-state index contributed by atoms with van der Waals surface area (Å²) in [6, 6.07) is 17.2. The first-order valence-corrected chi connectivity index (χ1v) is 7.80. The van der Waals surface area contributed by atoms with E-state index in [-0.39, 0.29) is 0 Å². The lowest BCUT2D eigenvalue weighted by Gasteiger charge is -2.26. The zero-order chi connectivity index (χ0) is 15.9. The molecular weight excluding hydrogens is 272 g/mol. The third-order valence-corrected chi connectivity index (χ3v) is 3.94. The van der Waals surface area contributed by atoms with E-state index in [0.29, 0.717) is 11.7 Å². The first-order valence-electron chi connectivity index (χ1n) is 7.80. The zero-order valence-corrected chi connectivity index (χ0v) is 13.8. The second kappa shape index (κ2) is 7.85. The van der Waals surface area contributed by atoms with Crippen LogP contribution in [0.1, 0.15) is 25.0 Å². The first kappa shape index (κ1) is 16.4. The molecule has 22 heavy (non-hydrogen) atoms. The molecule has 2 aromatic carbocycles. The van der Waals surface area contributed by atoms with Gasteiger partial charge in [0.25, 0.3) is 0 Å². The van der Waals surface area contributed by atoms with Crippen LogP contribution in [0.5, 0.6) is 5.75 Å². The van der Waals surface area contributed by atoms with Crippen LogP contribution >= 0.6 is 0 Å². The minimum atomic E-state index is 0.510. The number of benzene rings is 2. The van der Waals surface area contributed by atoms with Crippen molar-refractivity contribution in [2.75, 3.05) is 19.4 Å². The molecule has 0 aliphatic heterocycles. The summed E-state index contributed by atoms with van der Waals surface area (Å²) in [6.45, 7) is 6.47. The largest absolute Gasteiger partial charge is 0.495 e. The average Bonchev–Trinajstić information content (AvgIpc) is 2.52. The lowest BCUT2D eigenvalue weighted by atomic mass is 10.1. The lowest BCUT2D eigenvalue weighted by molar-refractivity contribution is 0.215. The van der Waals surface area contributed by atoms with Gasteiger partial charge in [0.05, 0.1) is 12.8 Å². The second-order valence-corrected chi connectivity index (χ2v) is 5.88. The Morgan fingerprint density at radius 2 is 1.77 bits per heavy atom. The minimum absolute atomic E-state index is 0.510. The fraction of sp³-hybridized carbons (Fsp3) is 0.368. The molecule has 0 aliphatic rings. The van der Waals surface area contributed by atoms with Crippen LogP contribution in [0.2, 0.25) is 0 Å². The highest BCUT2D eigenvalue weighted by molar-refractivity contribution is 5.54. The van der Waals surface area contributed by atoms with E-state index in [9.17, 15) is 0 Å². The summed E-state index contributed by atoms with van der Waals surface area (Å²) >= 11 is 0. The van der Waals surface area contributed by atoms with Crippen LogP contribution in [-0.4, -0.2) is 24.6 Å². The predicted octanol–water partition coefficient (Wildman–Crippen LogP) is 3.73. The van der Waals surface area contributed by atoms with Crippen molar-refractivity contribution in [3.63, 3.8) is 0 Å². The average molecular weight is 298 g/mol. The number of rotatable bonds is 7. The van der Waals surface area contributed by atoms with Gasteiger partial charge in [-0.15, -0.1) is 0 Å². The number of nitrogens with two attached hydrogens (primary N) is 1. The van der Waals surface area contributed by atoms with Crippen molar-refractivity contribution in [1.82, 2.24) is 4.90 Å². The van der Waals surface area contributed by atoms with Crippen LogP contribution in [0.4, 0.5) is 5.69 Å². The van der Waals surface area contributed by atoms with Gasteiger partial charge in [0.2, 0.25) is 0 Å². The van der Waals surface area contributed by atoms with Crippen molar-refractivity contribution < 1.29 is 4.74 Å². The Hall–Kier alpha value is -2.00. The van der Waals surface area contributed by atoms with E-state index in [2.05, 4.69) is 55.1 Å². The van der Waals surface area contributed by atoms with Gasteiger partial charge < -0.3 is 10.5 Å². The number of anilines is 1. The quantitative estimate of drug-likeness (QED) is 0.792. The number of methoxy groups -OCH3 is 1. The molecule has 0 saturated heterocycles. The number of nitrogen functional groups attached to an aromatic ring is 1. The van der Waals surface area contributed by atoms with E-state index in [0.717, 1.165) is 25.3 Å². The van der Waals surface area contributed by atoms with Gasteiger partial charge in [-0.2, -0.15) is 0 Å². The SMILES string of the molecule is COc1ccc(CCN(Cc2ccccc2)C(C)C)cc1N. The minimum Gasteiger partial charge on any atom is -0.495 e. The highest BCUT2D eigenvalue weighted by Gasteiger charge is 2.10. The van der Waals surface area contributed by atoms with Gasteiger partial charge in [-0.1, -0.05) is 36.4 Å². The Bertz CT molecular complexity index is 581. The number of hydrogen-bond acceptors (Lipinski definition) is 3. The fourth-order valence-corrected chi connectivity index (χ4v) is 2.55. The van der Waals surface area contributed by atoms with Crippen molar-refractivity contribution in [2.45, 2.75) is 32.9 Å². The van der Waals surface area contributed by atoms with Crippen molar-refractivity contribution in [1.29, 1.82) is 0 Å². The van der Waals surface area contributed by atoms with E-state index in [1.807, 2.05) is 12.1 Å². The fourth-order valence-electron chi connectivity index (χ4n) is 2.55. The molecule has 0 atom stereocenters. The maximum absolute atomic E-state index is 5.98. The topological polar surface area (TPSA) is 38.5 Å². The summed E-state index contributed by atoms with van der Waals surface area (Å²) in [4.78, 5) is 2.48. The van der Waals surface area contributed by atoms with Crippen LogP contribution < -0.4 is 10.5 Å². The molecule has 0 spiro atoms. The summed E-state index contributed by atoms with van der Waals surface area (Å²) in [6.07, 6.45) is 0.985. The van der Waals surface area contributed by atoms with Gasteiger partial charge >= 0.3 is 0 Å². The molecule has 0 amide bonds. The monoisotopic (exact) mass is 298 g/mol. The molecule has 2 N–H and O–H groups in total. The number of nitrogens with zero attached hydrogens (tertiary/aromatic N) is 1. The molecular formula is C19H26N2O. The predicted molar refractivity (Wildman–Crippen MR) is 93.1 cm³/mol. The van der Waals surface area contributed by atoms with Crippen LogP contribution in [-0.2, 0) is 13.0 Å². The van der Waals surface area contributed by atoms with Crippen LogP contribution in [0.15, 0.2) is 48.5 Å². The standard InChI is InChI=1S/C19H26N2O/c1-15(2)21(14-17-7-5-4-6-8-17)12-11-16-9-10-19(22-3)18(20)13-16/h4-10,13,15H,11-12,14,20H2,1-3H3. The smallest absolute Gasteiger partial charge is 0.141 e. The molecule has 118 valence electrons. The molecule has 0 aliphatic carbocycles. The molecule has 3 heteroatoms. The van der Waals surface area contributed by atoms with Crippen molar-refractivity contribution >= 4 is 5.69 Å². The molecule has 0 aromatic heterocycles. The molecule has 2 aromatic rings. The Morgan fingerprint density at radius 3 is 2.36 bits per heavy atom. The van der Waals surface area contributed by atoms with Gasteiger partial charge in [0.15, 0.2) is 0 Å². The van der Waals surface area contributed by atoms with E-state index in [4.69, 9.17) is 10.5 Å². The molecule has 3 nitrogen and oxygen atoms in total. The van der Waals surface area contributed by atoms with Crippen molar-refractivity contribution in [3.8, 4) is 5.75 Å². The Balaban J connectivity index is 1.98. The third kappa shape index (κ3) is 4.50. The molecule has 0 bridgehead atoms. The Kier molecular flexibility index (Phi) is 5.84. The second-order valence-electron chi connectivity index (χ2n) is 5.88. The van der Waals surface area contributed by atoms with Crippen molar-refractivity contribution in [2.24, 2.45) is 0 Å². The van der Waals surface area contributed by atoms with Gasteiger partial charge in [-0.3, -0.25) is 4.90 Å². The summed E-state index contributed by atoms with van der Waals surface area (Å²) in [5.74, 6) is 0.744. The highest BCUT2D eigenvalue weighted by atomic mass is 16.5. The van der Waals surface area contributed by atoms with E-state index in [1.54, 1.807) is 7.11 Å². The van der Waals surface area contributed by atoms with E-state index >= 15 is 0 Å². The van der Waals surface area contributed by atoms with Gasteiger partial charge in [0.1, 0.15) is 5.75 Å². The normalized spacial score (nSPS) is 11.1. The van der Waals surface area contributed by atoms with Crippen LogP contribution in [0.25, 0.3) is 0 Å². The van der Waals surface area contributed by atoms with E-state index in [1.165, 1.54) is 11.1 Å². The zero-order valence-electron chi connectivity index (χ0n) is 13.8. The number of ether oxygens (including phenoxy) is 1. The van der Waals surface area contributed by atoms with E-state index < -0.39 is 0 Å². The van der Waals surface area contributed by atoms with Crippen LogP contribution in [0.3, 0.4) is 0 Å². The molecule has 0 unspecified atom stereocenters. The molecule has 0 heterocycles. The summed E-state index contributed by atoms with van der Waals surface area (Å²) < 4.78 is 5.21. The summed E-state index contributed by atoms with van der Waals surface area (Å²) in [5.41, 5.74) is 9.29. The maximum atomic E-state index is 5.98. The third-order valence-electron chi connectivity index (χ3n) is 3.94. The Morgan fingerprint density at radius 1 is 1.05 bits per heavy atom. The highest BCUT2D eigenvalue weighted by Crippen LogP contribution is 2.22. The molecule has 2 rings (SSSR count). The van der Waals surface area contributed by atoms with Gasteiger partial charge in [-0.25, -0.2) is 0 Å². The molecule has 0 radical (unpaired) electrons. The van der Waals surface area contributed by atoms with Crippen LogP contribution in [0, 0.1) is 0 Å². The maximum Gasteiger partial charge on any atom is 0.141 e. The number of hydrogen-bond donors (Lipinski definition) is 1. The summed E-state index contributed by atoms with van der Waals surface area (Å²) in [7, 11) is 1.64. The summed E-state index contributed by atoms with van der Waals surface area (Å²) in [5, 5.41) is 0. The van der Waals surface area contributed by atoms with Gasteiger partial charge in [-0.05, 0) is 43.5 Å².